The summed E-state index contributed by atoms with van der Waals surface area (Å²) in [4.78, 5) is 28.0. The van der Waals surface area contributed by atoms with Crippen LogP contribution in [0, 0.1) is 0 Å². The Bertz CT molecular complexity index is 462. The standard InChI is InChI=1S/C14H22N4O2/c1-4-8-17-13(19)10(3)18-14(20)11-7-6-9-16-12(11)15-5-2/h6-7,9-10H,4-5,8H2,1-3H3,(H,15,16)(H,17,19)(H,18,20). The van der Waals surface area contributed by atoms with Crippen LogP contribution >= 0.6 is 0 Å². The van der Waals surface area contributed by atoms with Gasteiger partial charge in [-0.15, -0.1) is 0 Å². The Morgan fingerprint density at radius 2 is 2.10 bits per heavy atom. The lowest BCUT2D eigenvalue weighted by molar-refractivity contribution is -0.122. The zero-order chi connectivity index (χ0) is 15.0. The number of rotatable bonds is 7. The molecule has 3 N–H and O–H groups in total. The van der Waals surface area contributed by atoms with E-state index in [-0.39, 0.29) is 11.8 Å². The van der Waals surface area contributed by atoms with Crippen LogP contribution in [0.3, 0.4) is 0 Å². The minimum atomic E-state index is -0.580. The first-order valence-corrected chi connectivity index (χ1v) is 6.87. The van der Waals surface area contributed by atoms with Crippen LogP contribution in [-0.4, -0.2) is 35.9 Å². The molecular formula is C14H22N4O2. The Kier molecular flexibility index (Phi) is 6.49. The van der Waals surface area contributed by atoms with E-state index in [2.05, 4.69) is 20.9 Å². The number of anilines is 1. The third-order valence-electron chi connectivity index (χ3n) is 2.69. The van der Waals surface area contributed by atoms with Gasteiger partial charge < -0.3 is 16.0 Å². The average molecular weight is 278 g/mol. The molecule has 0 spiro atoms. The van der Waals surface area contributed by atoms with Gasteiger partial charge in [-0.2, -0.15) is 0 Å². The highest BCUT2D eigenvalue weighted by atomic mass is 16.2. The van der Waals surface area contributed by atoms with Crippen LogP contribution in [0.5, 0.6) is 0 Å². The zero-order valence-electron chi connectivity index (χ0n) is 12.2. The highest BCUT2D eigenvalue weighted by molar-refractivity contribution is 6.00. The molecule has 1 rings (SSSR count). The minimum absolute atomic E-state index is 0.186. The number of hydrogen-bond acceptors (Lipinski definition) is 4. The van der Waals surface area contributed by atoms with E-state index >= 15 is 0 Å². The number of nitrogens with zero attached hydrogens (tertiary/aromatic N) is 1. The van der Waals surface area contributed by atoms with Gasteiger partial charge in [-0.3, -0.25) is 9.59 Å². The molecule has 0 saturated heterocycles. The summed E-state index contributed by atoms with van der Waals surface area (Å²) in [6.45, 7) is 6.84. The second kappa shape index (κ2) is 8.14. The molecule has 2 amide bonds. The zero-order valence-corrected chi connectivity index (χ0v) is 12.2. The van der Waals surface area contributed by atoms with Crippen molar-refractivity contribution in [3.63, 3.8) is 0 Å². The van der Waals surface area contributed by atoms with Gasteiger partial charge in [-0.25, -0.2) is 4.98 Å². The Labute approximate surface area is 119 Å². The van der Waals surface area contributed by atoms with E-state index in [4.69, 9.17) is 0 Å². The van der Waals surface area contributed by atoms with Crippen molar-refractivity contribution in [2.45, 2.75) is 33.2 Å². The van der Waals surface area contributed by atoms with Crippen molar-refractivity contribution in [3.05, 3.63) is 23.9 Å². The third-order valence-corrected chi connectivity index (χ3v) is 2.69. The molecule has 6 heteroatoms. The smallest absolute Gasteiger partial charge is 0.255 e. The maximum absolute atomic E-state index is 12.2. The fourth-order valence-electron chi connectivity index (χ4n) is 1.64. The predicted octanol–water partition coefficient (Wildman–Crippen LogP) is 1.16. The Morgan fingerprint density at radius 1 is 1.35 bits per heavy atom. The van der Waals surface area contributed by atoms with Crippen molar-refractivity contribution < 1.29 is 9.59 Å². The molecule has 1 unspecified atom stereocenters. The lowest BCUT2D eigenvalue weighted by Crippen LogP contribution is -2.45. The summed E-state index contributed by atoms with van der Waals surface area (Å²) in [5.41, 5.74) is 0.435. The molecule has 1 atom stereocenters. The van der Waals surface area contributed by atoms with Gasteiger partial charge in [0.25, 0.3) is 5.91 Å². The molecule has 20 heavy (non-hydrogen) atoms. The van der Waals surface area contributed by atoms with Crippen LogP contribution in [0.2, 0.25) is 0 Å². The van der Waals surface area contributed by atoms with E-state index < -0.39 is 6.04 Å². The molecule has 0 radical (unpaired) electrons. The van der Waals surface area contributed by atoms with Crippen LogP contribution in [0.25, 0.3) is 0 Å². The first-order valence-electron chi connectivity index (χ1n) is 6.87. The molecule has 6 nitrogen and oxygen atoms in total. The quantitative estimate of drug-likeness (QED) is 0.699. The van der Waals surface area contributed by atoms with Gasteiger partial charge >= 0.3 is 0 Å². The van der Waals surface area contributed by atoms with E-state index in [0.29, 0.717) is 24.5 Å². The Morgan fingerprint density at radius 3 is 2.75 bits per heavy atom. The molecule has 0 aromatic carbocycles. The minimum Gasteiger partial charge on any atom is -0.370 e. The number of hydrogen-bond donors (Lipinski definition) is 3. The highest BCUT2D eigenvalue weighted by Gasteiger charge is 2.18. The highest BCUT2D eigenvalue weighted by Crippen LogP contribution is 2.11. The maximum Gasteiger partial charge on any atom is 0.255 e. The van der Waals surface area contributed by atoms with Crippen molar-refractivity contribution in [3.8, 4) is 0 Å². The first kappa shape index (κ1) is 15.9. The van der Waals surface area contributed by atoms with E-state index in [1.807, 2.05) is 13.8 Å². The lowest BCUT2D eigenvalue weighted by atomic mass is 10.2. The number of amides is 2. The number of aromatic nitrogens is 1. The SMILES string of the molecule is CCCNC(=O)C(C)NC(=O)c1cccnc1NCC. The van der Waals surface area contributed by atoms with Gasteiger partial charge in [-0.1, -0.05) is 6.92 Å². The summed E-state index contributed by atoms with van der Waals surface area (Å²) >= 11 is 0. The van der Waals surface area contributed by atoms with Gasteiger partial charge in [0.2, 0.25) is 5.91 Å². The largest absolute Gasteiger partial charge is 0.370 e. The maximum atomic E-state index is 12.2. The van der Waals surface area contributed by atoms with Gasteiger partial charge in [0.15, 0.2) is 0 Å². The van der Waals surface area contributed by atoms with Crippen molar-refractivity contribution in [2.75, 3.05) is 18.4 Å². The molecule has 0 saturated carbocycles. The third kappa shape index (κ3) is 4.53. The summed E-state index contributed by atoms with van der Waals surface area (Å²) in [5.74, 6) is 0.0240. The van der Waals surface area contributed by atoms with E-state index in [0.717, 1.165) is 6.42 Å². The van der Waals surface area contributed by atoms with Crippen molar-refractivity contribution >= 4 is 17.6 Å². The van der Waals surface area contributed by atoms with Crippen molar-refractivity contribution in [1.29, 1.82) is 0 Å². The Balaban J connectivity index is 2.68. The monoisotopic (exact) mass is 278 g/mol. The molecule has 1 aromatic heterocycles. The molecular weight excluding hydrogens is 256 g/mol. The van der Waals surface area contributed by atoms with Crippen LogP contribution in [0.4, 0.5) is 5.82 Å². The molecule has 0 aliphatic carbocycles. The van der Waals surface area contributed by atoms with Crippen LogP contribution in [0.15, 0.2) is 18.3 Å². The normalized spacial score (nSPS) is 11.6. The number of carbonyl (C=O) groups is 2. The van der Waals surface area contributed by atoms with E-state index in [1.165, 1.54) is 0 Å². The molecule has 0 fully saturated rings. The predicted molar refractivity (Wildman–Crippen MR) is 78.6 cm³/mol. The molecule has 0 aliphatic heterocycles. The molecule has 1 heterocycles. The van der Waals surface area contributed by atoms with Gasteiger partial charge in [0.05, 0.1) is 5.56 Å². The summed E-state index contributed by atoms with van der Waals surface area (Å²) in [6.07, 6.45) is 2.48. The second-order valence-corrected chi connectivity index (χ2v) is 4.42. The lowest BCUT2D eigenvalue weighted by Gasteiger charge is -2.15. The second-order valence-electron chi connectivity index (χ2n) is 4.42. The summed E-state index contributed by atoms with van der Waals surface area (Å²) < 4.78 is 0. The number of nitrogens with one attached hydrogen (secondary N) is 3. The van der Waals surface area contributed by atoms with Crippen molar-refractivity contribution in [1.82, 2.24) is 15.6 Å². The fraction of sp³-hybridized carbons (Fsp3) is 0.500. The van der Waals surface area contributed by atoms with Crippen LogP contribution < -0.4 is 16.0 Å². The first-order chi connectivity index (χ1) is 9.60. The van der Waals surface area contributed by atoms with Gasteiger partial charge in [0, 0.05) is 19.3 Å². The van der Waals surface area contributed by atoms with Crippen LogP contribution in [-0.2, 0) is 4.79 Å². The number of carbonyl (C=O) groups excluding carboxylic acids is 2. The van der Waals surface area contributed by atoms with E-state index in [9.17, 15) is 9.59 Å². The van der Waals surface area contributed by atoms with Gasteiger partial charge in [0.1, 0.15) is 11.9 Å². The molecule has 1 aromatic rings. The fourth-order valence-corrected chi connectivity index (χ4v) is 1.64. The summed E-state index contributed by atoms with van der Waals surface area (Å²) in [5, 5.41) is 8.44. The topological polar surface area (TPSA) is 83.1 Å². The molecule has 0 bridgehead atoms. The summed E-state index contributed by atoms with van der Waals surface area (Å²) in [7, 11) is 0. The van der Waals surface area contributed by atoms with Crippen molar-refractivity contribution in [2.24, 2.45) is 0 Å². The van der Waals surface area contributed by atoms with E-state index in [1.54, 1.807) is 25.3 Å². The molecule has 0 aliphatic rings. The molecule has 110 valence electrons. The van der Waals surface area contributed by atoms with Crippen LogP contribution in [0.1, 0.15) is 37.6 Å². The summed E-state index contributed by atoms with van der Waals surface area (Å²) in [6, 6.07) is 2.79. The average Bonchev–Trinajstić information content (AvgIpc) is 2.45. The number of pyridine rings is 1. The van der Waals surface area contributed by atoms with Gasteiger partial charge in [-0.05, 0) is 32.4 Å². The Hall–Kier alpha value is -2.11.